The second kappa shape index (κ2) is 5.92. The lowest BCUT2D eigenvalue weighted by Crippen LogP contribution is -2.07. The maximum Gasteiger partial charge on any atom is 0.0948 e. The summed E-state index contributed by atoms with van der Waals surface area (Å²) in [5.41, 5.74) is 3.02. The standard InChI is InChI=1S/C17H14Cl2N2/c1-11(12-4-6-13(18)7-5-12)21-16-9-8-15(19)14-3-2-10-20-17(14)16/h2-11,21H,1H3. The summed E-state index contributed by atoms with van der Waals surface area (Å²) in [6.07, 6.45) is 1.77. The third-order valence-electron chi connectivity index (χ3n) is 3.46. The Morgan fingerprint density at radius 1 is 1.00 bits per heavy atom. The first-order valence-electron chi connectivity index (χ1n) is 6.70. The quantitative estimate of drug-likeness (QED) is 0.669. The fourth-order valence-electron chi connectivity index (χ4n) is 2.32. The van der Waals surface area contributed by atoms with E-state index in [0.29, 0.717) is 5.02 Å². The van der Waals surface area contributed by atoms with Crippen LogP contribution >= 0.6 is 23.2 Å². The summed E-state index contributed by atoms with van der Waals surface area (Å²) < 4.78 is 0. The van der Waals surface area contributed by atoms with Gasteiger partial charge in [0, 0.05) is 22.6 Å². The van der Waals surface area contributed by atoms with Crippen molar-refractivity contribution in [3.63, 3.8) is 0 Å². The first-order valence-corrected chi connectivity index (χ1v) is 7.46. The van der Waals surface area contributed by atoms with E-state index in [0.717, 1.165) is 21.6 Å². The molecule has 0 fully saturated rings. The molecule has 3 aromatic rings. The van der Waals surface area contributed by atoms with Crippen molar-refractivity contribution >= 4 is 39.8 Å². The average molecular weight is 317 g/mol. The molecule has 0 radical (unpaired) electrons. The Balaban J connectivity index is 1.95. The molecule has 1 aromatic heterocycles. The molecule has 0 saturated heterocycles. The zero-order valence-corrected chi connectivity index (χ0v) is 13.0. The number of nitrogens with zero attached hydrogens (tertiary/aromatic N) is 1. The molecule has 2 aromatic carbocycles. The lowest BCUT2D eigenvalue weighted by Gasteiger charge is -2.17. The molecular formula is C17H14Cl2N2. The van der Waals surface area contributed by atoms with Crippen molar-refractivity contribution < 1.29 is 0 Å². The van der Waals surface area contributed by atoms with Gasteiger partial charge in [0.1, 0.15) is 0 Å². The number of halogens is 2. The van der Waals surface area contributed by atoms with E-state index in [9.17, 15) is 0 Å². The number of fused-ring (bicyclic) bond motifs is 1. The van der Waals surface area contributed by atoms with Crippen LogP contribution in [0.3, 0.4) is 0 Å². The van der Waals surface area contributed by atoms with E-state index in [1.165, 1.54) is 5.56 Å². The van der Waals surface area contributed by atoms with Crippen LogP contribution in [0.4, 0.5) is 5.69 Å². The number of anilines is 1. The first-order chi connectivity index (χ1) is 10.1. The minimum atomic E-state index is 0.147. The molecule has 0 saturated carbocycles. The predicted molar refractivity (Wildman–Crippen MR) is 90.2 cm³/mol. The predicted octanol–water partition coefficient (Wildman–Crippen LogP) is 5.71. The second-order valence-corrected chi connectivity index (χ2v) is 5.76. The van der Waals surface area contributed by atoms with Crippen LogP contribution in [0.15, 0.2) is 54.7 Å². The molecule has 0 aliphatic carbocycles. The fourth-order valence-corrected chi connectivity index (χ4v) is 2.66. The van der Waals surface area contributed by atoms with Crippen molar-refractivity contribution in [3.8, 4) is 0 Å². The molecule has 0 amide bonds. The maximum absolute atomic E-state index is 6.22. The van der Waals surface area contributed by atoms with Gasteiger partial charge in [0.05, 0.1) is 16.2 Å². The van der Waals surface area contributed by atoms with Gasteiger partial charge < -0.3 is 5.32 Å². The number of aromatic nitrogens is 1. The van der Waals surface area contributed by atoms with Crippen LogP contribution in [-0.2, 0) is 0 Å². The molecule has 1 atom stereocenters. The Morgan fingerprint density at radius 3 is 2.52 bits per heavy atom. The summed E-state index contributed by atoms with van der Waals surface area (Å²) in [6.45, 7) is 2.10. The van der Waals surface area contributed by atoms with Gasteiger partial charge in [-0.2, -0.15) is 0 Å². The Kier molecular flexibility index (Phi) is 4.00. The van der Waals surface area contributed by atoms with Crippen LogP contribution in [0.25, 0.3) is 10.9 Å². The minimum Gasteiger partial charge on any atom is -0.377 e. The van der Waals surface area contributed by atoms with Crippen molar-refractivity contribution in [3.05, 3.63) is 70.3 Å². The van der Waals surface area contributed by atoms with Crippen molar-refractivity contribution in [2.24, 2.45) is 0 Å². The van der Waals surface area contributed by atoms with Crippen molar-refractivity contribution in [2.75, 3.05) is 5.32 Å². The number of pyridine rings is 1. The Hall–Kier alpha value is -1.77. The Bertz CT molecular complexity index is 769. The summed E-state index contributed by atoms with van der Waals surface area (Å²) in [6, 6.07) is 15.7. The number of rotatable bonds is 3. The van der Waals surface area contributed by atoms with Gasteiger partial charge in [-0.05, 0) is 48.9 Å². The molecule has 0 aliphatic heterocycles. The molecule has 21 heavy (non-hydrogen) atoms. The summed E-state index contributed by atoms with van der Waals surface area (Å²) >= 11 is 12.1. The molecule has 1 unspecified atom stereocenters. The Labute approximate surface area is 133 Å². The van der Waals surface area contributed by atoms with E-state index in [2.05, 4.69) is 17.2 Å². The summed E-state index contributed by atoms with van der Waals surface area (Å²) in [4.78, 5) is 4.43. The number of hydrogen-bond acceptors (Lipinski definition) is 2. The molecule has 106 valence electrons. The van der Waals surface area contributed by atoms with Gasteiger partial charge in [0.15, 0.2) is 0 Å². The highest BCUT2D eigenvalue weighted by Gasteiger charge is 2.10. The second-order valence-electron chi connectivity index (χ2n) is 4.91. The maximum atomic E-state index is 6.22. The third kappa shape index (κ3) is 2.97. The summed E-state index contributed by atoms with van der Waals surface area (Å²) in [7, 11) is 0. The van der Waals surface area contributed by atoms with Crippen LogP contribution in [0.5, 0.6) is 0 Å². The molecular weight excluding hydrogens is 303 g/mol. The van der Waals surface area contributed by atoms with E-state index in [-0.39, 0.29) is 6.04 Å². The van der Waals surface area contributed by atoms with E-state index in [1.807, 2.05) is 48.5 Å². The molecule has 0 aliphatic rings. The molecule has 2 nitrogen and oxygen atoms in total. The van der Waals surface area contributed by atoms with Crippen LogP contribution in [0.2, 0.25) is 10.0 Å². The van der Waals surface area contributed by atoms with Gasteiger partial charge in [0.25, 0.3) is 0 Å². The van der Waals surface area contributed by atoms with Crippen LogP contribution in [0.1, 0.15) is 18.5 Å². The lowest BCUT2D eigenvalue weighted by atomic mass is 10.1. The van der Waals surface area contributed by atoms with Crippen LogP contribution in [0, 0.1) is 0 Å². The zero-order chi connectivity index (χ0) is 14.8. The molecule has 1 N–H and O–H groups in total. The van der Waals surface area contributed by atoms with E-state index in [4.69, 9.17) is 23.2 Å². The monoisotopic (exact) mass is 316 g/mol. The summed E-state index contributed by atoms with van der Waals surface area (Å²) in [5.74, 6) is 0. The van der Waals surface area contributed by atoms with Gasteiger partial charge in [-0.1, -0.05) is 35.3 Å². The highest BCUT2D eigenvalue weighted by Crippen LogP contribution is 2.30. The molecule has 3 rings (SSSR count). The smallest absolute Gasteiger partial charge is 0.0948 e. The van der Waals surface area contributed by atoms with Crippen LogP contribution < -0.4 is 5.32 Å². The van der Waals surface area contributed by atoms with Gasteiger partial charge in [-0.3, -0.25) is 4.98 Å². The van der Waals surface area contributed by atoms with Crippen molar-refractivity contribution in [2.45, 2.75) is 13.0 Å². The number of nitrogens with one attached hydrogen (secondary N) is 1. The van der Waals surface area contributed by atoms with E-state index < -0.39 is 0 Å². The largest absolute Gasteiger partial charge is 0.377 e. The summed E-state index contributed by atoms with van der Waals surface area (Å²) in [5, 5.41) is 5.89. The average Bonchev–Trinajstić information content (AvgIpc) is 2.51. The first kappa shape index (κ1) is 14.2. The fraction of sp³-hybridized carbons (Fsp3) is 0.118. The zero-order valence-electron chi connectivity index (χ0n) is 11.5. The van der Waals surface area contributed by atoms with E-state index in [1.54, 1.807) is 6.20 Å². The van der Waals surface area contributed by atoms with Gasteiger partial charge in [-0.15, -0.1) is 0 Å². The Morgan fingerprint density at radius 2 is 1.76 bits per heavy atom. The molecule has 0 spiro atoms. The van der Waals surface area contributed by atoms with Gasteiger partial charge in [0.2, 0.25) is 0 Å². The van der Waals surface area contributed by atoms with Crippen molar-refractivity contribution in [1.82, 2.24) is 4.98 Å². The lowest BCUT2D eigenvalue weighted by molar-refractivity contribution is 0.886. The molecule has 0 bridgehead atoms. The number of benzene rings is 2. The normalized spacial score (nSPS) is 12.3. The highest BCUT2D eigenvalue weighted by molar-refractivity contribution is 6.35. The topological polar surface area (TPSA) is 24.9 Å². The third-order valence-corrected chi connectivity index (χ3v) is 4.04. The van der Waals surface area contributed by atoms with Gasteiger partial charge in [-0.25, -0.2) is 0 Å². The minimum absolute atomic E-state index is 0.147. The number of hydrogen-bond donors (Lipinski definition) is 1. The van der Waals surface area contributed by atoms with E-state index >= 15 is 0 Å². The SMILES string of the molecule is CC(Nc1ccc(Cl)c2cccnc12)c1ccc(Cl)cc1. The van der Waals surface area contributed by atoms with Crippen LogP contribution in [-0.4, -0.2) is 4.98 Å². The van der Waals surface area contributed by atoms with Crippen molar-refractivity contribution in [1.29, 1.82) is 0 Å². The molecule has 1 heterocycles. The van der Waals surface area contributed by atoms with Gasteiger partial charge >= 0.3 is 0 Å². The molecule has 4 heteroatoms. The highest BCUT2D eigenvalue weighted by atomic mass is 35.5.